The average Bonchev–Trinajstić information content (AvgIpc) is 2.77. The number of piperidine rings is 1. The second kappa shape index (κ2) is 7.55. The second-order valence-electron chi connectivity index (χ2n) is 7.84. The number of hydrogen-bond acceptors (Lipinski definition) is 5. The molecule has 24 heavy (non-hydrogen) atoms. The fourth-order valence-corrected chi connectivity index (χ4v) is 3.17. The summed E-state index contributed by atoms with van der Waals surface area (Å²) >= 11 is 0. The minimum Gasteiger partial charge on any atom is -0.444 e. The van der Waals surface area contributed by atoms with Crippen LogP contribution in [0, 0.1) is 13.8 Å². The topological polar surface area (TPSA) is 67.6 Å². The van der Waals surface area contributed by atoms with E-state index in [9.17, 15) is 4.79 Å². The minimum atomic E-state index is -0.450. The van der Waals surface area contributed by atoms with Crippen molar-refractivity contribution in [3.63, 3.8) is 0 Å². The lowest BCUT2D eigenvalue weighted by Gasteiger charge is -2.35. The number of carbonyl (C=O) groups excluding carboxylic acids is 1. The molecule has 1 fully saturated rings. The van der Waals surface area contributed by atoms with Gasteiger partial charge in [0.1, 0.15) is 11.4 Å². The number of nitrogens with one attached hydrogen (secondary N) is 1. The van der Waals surface area contributed by atoms with Gasteiger partial charge in [0.25, 0.3) is 0 Å². The molecule has 2 heterocycles. The zero-order valence-corrected chi connectivity index (χ0v) is 15.8. The number of hydrogen-bond donors (Lipinski definition) is 1. The van der Waals surface area contributed by atoms with Crippen LogP contribution in [0.25, 0.3) is 0 Å². The Hall–Kier alpha value is -1.56. The van der Waals surface area contributed by atoms with Crippen LogP contribution in [0.1, 0.15) is 57.6 Å². The molecule has 1 saturated heterocycles. The van der Waals surface area contributed by atoms with Crippen molar-refractivity contribution in [2.24, 2.45) is 0 Å². The van der Waals surface area contributed by atoms with Gasteiger partial charge in [-0.3, -0.25) is 0 Å². The van der Waals surface area contributed by atoms with E-state index in [1.807, 2.05) is 39.5 Å². The monoisotopic (exact) mass is 337 g/mol. The first kappa shape index (κ1) is 18.8. The zero-order chi connectivity index (χ0) is 17.9. The van der Waals surface area contributed by atoms with E-state index in [0.717, 1.165) is 37.3 Å². The van der Waals surface area contributed by atoms with Gasteiger partial charge >= 0.3 is 6.09 Å². The highest BCUT2D eigenvalue weighted by atomic mass is 16.6. The SMILES string of the molecule is Cc1noc(C)c1C[C@H](C)N[C@H]1CCCN(C(=O)OC(C)(C)C)C1. The van der Waals surface area contributed by atoms with Crippen molar-refractivity contribution >= 4 is 6.09 Å². The standard InChI is InChI=1S/C18H31N3O3/c1-12(10-16-13(2)20-24-14(16)3)19-15-8-7-9-21(11-15)17(22)23-18(4,5)6/h12,15,19H,7-11H2,1-6H3/t12-,15-/m0/s1. The van der Waals surface area contributed by atoms with E-state index < -0.39 is 5.60 Å². The third-order valence-corrected chi connectivity index (χ3v) is 4.28. The van der Waals surface area contributed by atoms with Crippen LogP contribution in [0.3, 0.4) is 0 Å². The molecule has 6 heteroatoms. The number of amides is 1. The molecule has 1 N–H and O–H groups in total. The predicted octanol–water partition coefficient (Wildman–Crippen LogP) is 3.21. The van der Waals surface area contributed by atoms with Crippen molar-refractivity contribution in [1.82, 2.24) is 15.4 Å². The van der Waals surface area contributed by atoms with E-state index in [0.29, 0.717) is 18.6 Å². The predicted molar refractivity (Wildman–Crippen MR) is 93.1 cm³/mol. The van der Waals surface area contributed by atoms with Crippen LogP contribution in [0.15, 0.2) is 4.52 Å². The molecular formula is C18H31N3O3. The summed E-state index contributed by atoms with van der Waals surface area (Å²) in [6.07, 6.45) is 2.73. The number of nitrogens with zero attached hydrogens (tertiary/aromatic N) is 2. The van der Waals surface area contributed by atoms with E-state index in [1.54, 1.807) is 0 Å². The first-order chi connectivity index (χ1) is 11.2. The molecule has 1 amide bonds. The van der Waals surface area contributed by atoms with Gasteiger partial charge in [0, 0.05) is 30.7 Å². The van der Waals surface area contributed by atoms with E-state index in [-0.39, 0.29) is 6.09 Å². The fraction of sp³-hybridized carbons (Fsp3) is 0.778. The number of rotatable bonds is 4. The number of carbonyl (C=O) groups is 1. The lowest BCUT2D eigenvalue weighted by molar-refractivity contribution is 0.0184. The van der Waals surface area contributed by atoms with Crippen LogP contribution in [0.2, 0.25) is 0 Å². The molecule has 0 spiro atoms. The Bertz CT molecular complexity index is 543. The van der Waals surface area contributed by atoms with Gasteiger partial charge in [0.05, 0.1) is 5.69 Å². The molecule has 1 aromatic heterocycles. The molecule has 0 unspecified atom stereocenters. The smallest absolute Gasteiger partial charge is 0.410 e. The normalized spacial score (nSPS) is 20.1. The molecule has 6 nitrogen and oxygen atoms in total. The van der Waals surface area contributed by atoms with Crippen molar-refractivity contribution in [3.05, 3.63) is 17.0 Å². The molecule has 1 aromatic rings. The lowest BCUT2D eigenvalue weighted by atomic mass is 10.0. The number of ether oxygens (including phenoxy) is 1. The van der Waals surface area contributed by atoms with Crippen LogP contribution < -0.4 is 5.32 Å². The van der Waals surface area contributed by atoms with Crippen molar-refractivity contribution in [1.29, 1.82) is 0 Å². The highest BCUT2D eigenvalue weighted by Gasteiger charge is 2.28. The Morgan fingerprint density at radius 3 is 2.75 bits per heavy atom. The second-order valence-corrected chi connectivity index (χ2v) is 7.84. The lowest BCUT2D eigenvalue weighted by Crippen LogP contribution is -2.51. The Morgan fingerprint density at radius 2 is 2.17 bits per heavy atom. The third-order valence-electron chi connectivity index (χ3n) is 4.28. The number of aromatic nitrogens is 1. The molecule has 136 valence electrons. The van der Waals surface area contributed by atoms with E-state index in [2.05, 4.69) is 17.4 Å². The zero-order valence-electron chi connectivity index (χ0n) is 15.8. The first-order valence-corrected chi connectivity index (χ1v) is 8.81. The van der Waals surface area contributed by atoms with Crippen molar-refractivity contribution in [2.45, 2.75) is 78.5 Å². The van der Waals surface area contributed by atoms with Gasteiger partial charge in [-0.05, 0) is 60.8 Å². The van der Waals surface area contributed by atoms with Gasteiger partial charge in [-0.2, -0.15) is 0 Å². The molecule has 0 radical (unpaired) electrons. The first-order valence-electron chi connectivity index (χ1n) is 8.81. The fourth-order valence-electron chi connectivity index (χ4n) is 3.17. The summed E-state index contributed by atoms with van der Waals surface area (Å²) in [6.45, 7) is 13.3. The van der Waals surface area contributed by atoms with Crippen LogP contribution in [0.4, 0.5) is 4.79 Å². The largest absolute Gasteiger partial charge is 0.444 e. The van der Waals surface area contributed by atoms with Gasteiger partial charge in [-0.1, -0.05) is 5.16 Å². The highest BCUT2D eigenvalue weighted by Crippen LogP contribution is 2.18. The summed E-state index contributed by atoms with van der Waals surface area (Å²) in [5.74, 6) is 0.889. The molecule has 0 saturated carbocycles. The van der Waals surface area contributed by atoms with Crippen molar-refractivity contribution < 1.29 is 14.1 Å². The summed E-state index contributed by atoms with van der Waals surface area (Å²) in [4.78, 5) is 14.1. The molecule has 2 atom stereocenters. The minimum absolute atomic E-state index is 0.215. The van der Waals surface area contributed by atoms with Crippen LogP contribution >= 0.6 is 0 Å². The van der Waals surface area contributed by atoms with Crippen molar-refractivity contribution in [3.8, 4) is 0 Å². The molecule has 2 rings (SSSR count). The number of aryl methyl sites for hydroxylation is 2. The Morgan fingerprint density at radius 1 is 1.46 bits per heavy atom. The molecule has 0 bridgehead atoms. The number of likely N-dealkylation sites (tertiary alicyclic amines) is 1. The maximum absolute atomic E-state index is 12.2. The van der Waals surface area contributed by atoms with Gasteiger partial charge < -0.3 is 19.5 Å². The maximum atomic E-state index is 12.2. The highest BCUT2D eigenvalue weighted by molar-refractivity contribution is 5.68. The summed E-state index contributed by atoms with van der Waals surface area (Å²) in [6, 6.07) is 0.590. The maximum Gasteiger partial charge on any atom is 0.410 e. The Labute approximate surface area is 144 Å². The van der Waals surface area contributed by atoms with E-state index >= 15 is 0 Å². The average molecular weight is 337 g/mol. The molecule has 0 aliphatic carbocycles. The molecular weight excluding hydrogens is 306 g/mol. The quantitative estimate of drug-likeness (QED) is 0.914. The van der Waals surface area contributed by atoms with Crippen LogP contribution in [0.5, 0.6) is 0 Å². The summed E-state index contributed by atoms with van der Waals surface area (Å²) in [7, 11) is 0. The molecule has 1 aliphatic heterocycles. The van der Waals surface area contributed by atoms with Gasteiger partial charge in [-0.25, -0.2) is 4.79 Å². The molecule has 0 aromatic carbocycles. The summed E-state index contributed by atoms with van der Waals surface area (Å²) in [5.41, 5.74) is 1.68. The summed E-state index contributed by atoms with van der Waals surface area (Å²) in [5, 5.41) is 7.65. The Balaban J connectivity index is 1.87. The third kappa shape index (κ3) is 5.23. The summed E-state index contributed by atoms with van der Waals surface area (Å²) < 4.78 is 10.7. The van der Waals surface area contributed by atoms with Crippen LogP contribution in [-0.4, -0.2) is 46.9 Å². The van der Waals surface area contributed by atoms with E-state index in [1.165, 1.54) is 5.56 Å². The van der Waals surface area contributed by atoms with Crippen LogP contribution in [-0.2, 0) is 11.2 Å². The Kier molecular flexibility index (Phi) is 5.91. The van der Waals surface area contributed by atoms with Crippen molar-refractivity contribution in [2.75, 3.05) is 13.1 Å². The molecule has 1 aliphatic rings. The van der Waals surface area contributed by atoms with Gasteiger partial charge in [0.15, 0.2) is 0 Å². The van der Waals surface area contributed by atoms with Gasteiger partial charge in [0.2, 0.25) is 0 Å². The van der Waals surface area contributed by atoms with Gasteiger partial charge in [-0.15, -0.1) is 0 Å². The van der Waals surface area contributed by atoms with E-state index in [4.69, 9.17) is 9.26 Å².